The quantitative estimate of drug-likeness (QED) is 0.0244. The maximum Gasteiger partial charge on any atom is 0.306 e. The fourth-order valence-corrected chi connectivity index (χ4v) is 9.13. The van der Waals surface area contributed by atoms with E-state index in [1.165, 1.54) is 193 Å². The number of esters is 1. The predicted octanol–water partition coefficient (Wildman–Crippen LogP) is 18.6. The van der Waals surface area contributed by atoms with Gasteiger partial charge in [-0.05, 0) is 77.0 Å². The highest BCUT2D eigenvalue weighted by Crippen LogP contribution is 2.18. The molecule has 0 bridgehead atoms. The number of ether oxygens (including phenoxy) is 1. The van der Waals surface area contributed by atoms with Crippen molar-refractivity contribution in [3.63, 3.8) is 0 Å². The molecule has 398 valence electrons. The highest BCUT2D eigenvalue weighted by molar-refractivity contribution is 5.77. The summed E-state index contributed by atoms with van der Waals surface area (Å²) in [6.45, 7) is 6.49. The lowest BCUT2D eigenvalue weighted by Gasteiger charge is -2.24. The Kier molecular flexibility index (Phi) is 54.0. The monoisotopic (exact) mass is 954 g/mol. The third-order valence-corrected chi connectivity index (χ3v) is 13.7. The molecule has 6 heteroatoms. The molecule has 1 amide bonds. The van der Waals surface area contributed by atoms with Crippen molar-refractivity contribution < 1.29 is 24.5 Å². The lowest BCUT2D eigenvalue weighted by Crippen LogP contribution is -2.46. The Balaban J connectivity index is 4.59. The van der Waals surface area contributed by atoms with Crippen molar-refractivity contribution in [2.24, 2.45) is 0 Å². The lowest BCUT2D eigenvalue weighted by molar-refractivity contribution is -0.151. The summed E-state index contributed by atoms with van der Waals surface area (Å²) in [5.41, 5.74) is 0. The van der Waals surface area contributed by atoms with Crippen molar-refractivity contribution in [2.75, 3.05) is 6.61 Å². The Hall–Kier alpha value is -2.18. The maximum atomic E-state index is 13.3. The third-order valence-electron chi connectivity index (χ3n) is 13.7. The summed E-state index contributed by atoms with van der Waals surface area (Å²) in [6.07, 6.45) is 68.9. The zero-order chi connectivity index (χ0) is 49.5. The van der Waals surface area contributed by atoms with E-state index >= 15 is 0 Å². The molecule has 0 aliphatic heterocycles. The Morgan fingerprint density at radius 3 is 1.18 bits per heavy atom. The van der Waals surface area contributed by atoms with Gasteiger partial charge in [0.2, 0.25) is 5.91 Å². The zero-order valence-corrected chi connectivity index (χ0v) is 45.5. The molecule has 0 aromatic carbocycles. The molecule has 0 heterocycles. The molecule has 0 radical (unpaired) electrons. The van der Waals surface area contributed by atoms with Gasteiger partial charge < -0.3 is 20.3 Å². The topological polar surface area (TPSA) is 95.9 Å². The second-order valence-corrected chi connectivity index (χ2v) is 20.5. The Morgan fingerprint density at radius 2 is 0.765 bits per heavy atom. The number of rotatable bonds is 54. The first-order valence-corrected chi connectivity index (χ1v) is 29.9. The number of hydrogen-bond acceptors (Lipinski definition) is 5. The molecule has 0 aromatic rings. The summed E-state index contributed by atoms with van der Waals surface area (Å²) in [5.74, 6) is -0.497. The van der Waals surface area contributed by atoms with Crippen LogP contribution in [0.25, 0.3) is 0 Å². The fourth-order valence-electron chi connectivity index (χ4n) is 9.13. The minimum absolute atomic E-state index is 0.0558. The zero-order valence-electron chi connectivity index (χ0n) is 45.5. The Labute approximate surface area is 423 Å². The van der Waals surface area contributed by atoms with E-state index in [2.05, 4.69) is 74.7 Å². The molecule has 68 heavy (non-hydrogen) atoms. The molecule has 6 nitrogen and oxygen atoms in total. The standard InChI is InChI=1S/C62H115NO5/c1-4-7-10-13-16-19-22-25-28-30-31-32-34-37-40-43-46-49-52-55-62(67)68-58(53-50-47-44-41-38-35-33-29-26-23-20-17-14-11-8-5-2)56-61(66)63-59(57-64)60(65)54-51-48-45-42-39-36-27-24-21-18-15-12-9-6-3/h23,25-26,28-29,33,35,38,58-60,64-65H,4-22,24,27,30-32,34,36-37,39-57H2,1-3H3,(H,63,66)/b26-23+,28-25+,33-29+,38-35+. The fraction of sp³-hybridized carbons (Fsp3) is 0.839. The number of allylic oxidation sites excluding steroid dienone is 8. The average molecular weight is 955 g/mol. The summed E-state index contributed by atoms with van der Waals surface area (Å²) in [4.78, 5) is 26.3. The van der Waals surface area contributed by atoms with Crippen molar-refractivity contribution in [3.8, 4) is 0 Å². The largest absolute Gasteiger partial charge is 0.462 e. The molecule has 0 saturated heterocycles. The normalized spacial score (nSPS) is 13.4. The van der Waals surface area contributed by atoms with Crippen LogP contribution in [0.5, 0.6) is 0 Å². The van der Waals surface area contributed by atoms with Gasteiger partial charge in [0, 0.05) is 6.42 Å². The molecule has 0 rings (SSSR count). The smallest absolute Gasteiger partial charge is 0.306 e. The molecule has 0 aliphatic carbocycles. The first-order valence-electron chi connectivity index (χ1n) is 29.9. The van der Waals surface area contributed by atoms with Crippen LogP contribution in [0, 0.1) is 0 Å². The van der Waals surface area contributed by atoms with Gasteiger partial charge in [0.15, 0.2) is 0 Å². The van der Waals surface area contributed by atoms with E-state index in [9.17, 15) is 19.8 Å². The van der Waals surface area contributed by atoms with Crippen LogP contribution in [-0.2, 0) is 14.3 Å². The van der Waals surface area contributed by atoms with Crippen molar-refractivity contribution in [1.82, 2.24) is 5.32 Å². The first kappa shape index (κ1) is 65.8. The molecule has 0 spiro atoms. The summed E-state index contributed by atoms with van der Waals surface area (Å²) in [7, 11) is 0. The van der Waals surface area contributed by atoms with Crippen molar-refractivity contribution in [1.29, 1.82) is 0 Å². The van der Waals surface area contributed by atoms with Gasteiger partial charge in [-0.1, -0.05) is 268 Å². The van der Waals surface area contributed by atoms with Crippen molar-refractivity contribution in [2.45, 2.75) is 328 Å². The van der Waals surface area contributed by atoms with Crippen LogP contribution in [0.3, 0.4) is 0 Å². The SMILES string of the molecule is CCCCCCC/C=C/C=C/C=C/CCCCCC(CC(=O)NC(CO)C(O)CCCCCCCCCCCCCCCC)OC(=O)CCCCCCCCCCC/C=C/CCCCCCCC. The van der Waals surface area contributed by atoms with Crippen molar-refractivity contribution >= 4 is 11.9 Å². The molecule has 3 unspecified atom stereocenters. The molecule has 0 fully saturated rings. The van der Waals surface area contributed by atoms with E-state index in [0.717, 1.165) is 70.6 Å². The molecule has 3 atom stereocenters. The van der Waals surface area contributed by atoms with Crippen LogP contribution in [0.15, 0.2) is 48.6 Å². The molecule has 0 aromatic heterocycles. The van der Waals surface area contributed by atoms with Crippen molar-refractivity contribution in [3.05, 3.63) is 48.6 Å². The summed E-state index contributed by atoms with van der Waals surface area (Å²) < 4.78 is 5.96. The number of hydrogen-bond donors (Lipinski definition) is 3. The second kappa shape index (κ2) is 55.7. The number of aliphatic hydroxyl groups is 2. The highest BCUT2D eigenvalue weighted by Gasteiger charge is 2.24. The van der Waals surface area contributed by atoms with Crippen LogP contribution in [-0.4, -0.2) is 46.9 Å². The molecular weight excluding hydrogens is 839 g/mol. The van der Waals surface area contributed by atoms with Crippen LogP contribution in [0.4, 0.5) is 0 Å². The van der Waals surface area contributed by atoms with Crippen LogP contribution >= 0.6 is 0 Å². The van der Waals surface area contributed by atoms with Gasteiger partial charge in [0.1, 0.15) is 6.10 Å². The number of carbonyl (C=O) groups is 2. The number of nitrogens with one attached hydrogen (secondary N) is 1. The highest BCUT2D eigenvalue weighted by atomic mass is 16.5. The minimum Gasteiger partial charge on any atom is -0.462 e. The van der Waals surface area contributed by atoms with E-state index < -0.39 is 18.2 Å². The molecule has 0 saturated carbocycles. The van der Waals surface area contributed by atoms with E-state index in [-0.39, 0.29) is 24.9 Å². The van der Waals surface area contributed by atoms with Crippen LogP contribution in [0.2, 0.25) is 0 Å². The predicted molar refractivity (Wildman–Crippen MR) is 296 cm³/mol. The molecular formula is C62H115NO5. The number of unbranched alkanes of at least 4 members (excludes halogenated alkanes) is 36. The average Bonchev–Trinajstić information content (AvgIpc) is 3.33. The van der Waals surface area contributed by atoms with Gasteiger partial charge in [0.25, 0.3) is 0 Å². The number of amides is 1. The van der Waals surface area contributed by atoms with Gasteiger partial charge in [-0.2, -0.15) is 0 Å². The van der Waals surface area contributed by atoms with E-state index in [0.29, 0.717) is 19.3 Å². The van der Waals surface area contributed by atoms with Gasteiger partial charge >= 0.3 is 5.97 Å². The summed E-state index contributed by atoms with van der Waals surface area (Å²) >= 11 is 0. The number of carbonyl (C=O) groups excluding carboxylic acids is 2. The van der Waals surface area contributed by atoms with E-state index in [4.69, 9.17) is 4.74 Å². The van der Waals surface area contributed by atoms with Gasteiger partial charge in [0.05, 0.1) is 25.2 Å². The Morgan fingerprint density at radius 1 is 0.426 bits per heavy atom. The van der Waals surface area contributed by atoms with Gasteiger partial charge in [-0.25, -0.2) is 0 Å². The molecule has 0 aliphatic rings. The van der Waals surface area contributed by atoms with Gasteiger partial charge in [-0.15, -0.1) is 0 Å². The lowest BCUT2D eigenvalue weighted by atomic mass is 10.0. The molecule has 3 N–H and O–H groups in total. The maximum absolute atomic E-state index is 13.3. The third kappa shape index (κ3) is 50.2. The number of aliphatic hydroxyl groups excluding tert-OH is 2. The summed E-state index contributed by atoms with van der Waals surface area (Å²) in [5, 5.41) is 23.9. The van der Waals surface area contributed by atoms with E-state index in [1.54, 1.807) is 0 Å². The second-order valence-electron chi connectivity index (χ2n) is 20.5. The van der Waals surface area contributed by atoms with E-state index in [1.807, 2.05) is 0 Å². The minimum atomic E-state index is -0.798. The van der Waals surface area contributed by atoms with Crippen LogP contribution < -0.4 is 5.32 Å². The Bertz CT molecular complexity index is 1160. The summed E-state index contributed by atoms with van der Waals surface area (Å²) in [6, 6.07) is -0.714. The van der Waals surface area contributed by atoms with Gasteiger partial charge in [-0.3, -0.25) is 9.59 Å². The first-order chi connectivity index (χ1) is 33.5. The van der Waals surface area contributed by atoms with Crippen LogP contribution in [0.1, 0.15) is 310 Å².